The second kappa shape index (κ2) is 8.03. The molecule has 0 bridgehead atoms. The number of nitrogens with one attached hydrogen (secondary N) is 3. The van der Waals surface area contributed by atoms with Gasteiger partial charge in [-0.2, -0.15) is 0 Å². The van der Waals surface area contributed by atoms with Crippen LogP contribution in [0, 0.1) is 5.92 Å². The summed E-state index contributed by atoms with van der Waals surface area (Å²) in [4.78, 5) is 15.6. The highest BCUT2D eigenvalue weighted by Crippen LogP contribution is 2.33. The number of carbonyl (C=O) groups is 1. The van der Waals surface area contributed by atoms with Crippen molar-refractivity contribution in [3.05, 3.63) is 11.6 Å². The molecule has 1 amide bonds. The summed E-state index contributed by atoms with van der Waals surface area (Å²) in [6.45, 7) is 3.75. The van der Waals surface area contributed by atoms with Gasteiger partial charge in [-0.05, 0) is 45.1 Å². The van der Waals surface area contributed by atoms with Gasteiger partial charge in [-0.25, -0.2) is 5.43 Å². The van der Waals surface area contributed by atoms with E-state index in [4.69, 9.17) is 0 Å². The summed E-state index contributed by atoms with van der Waals surface area (Å²) in [6.07, 6.45) is 7.69. The zero-order valence-electron chi connectivity index (χ0n) is 15.7. The molecule has 1 aromatic heterocycles. The molecule has 150 valence electrons. The number of fused-ring (bicyclic) bond motifs is 2. The third-order valence-corrected chi connectivity index (χ3v) is 6.62. The maximum atomic E-state index is 13.5. The number of halogens is 1. The Kier molecular flexibility index (Phi) is 5.68. The number of nitrogens with zero attached hydrogens (tertiary/aromatic N) is 4. The van der Waals surface area contributed by atoms with E-state index in [0.29, 0.717) is 12.0 Å². The van der Waals surface area contributed by atoms with E-state index in [1.165, 1.54) is 12.8 Å². The molecule has 0 aliphatic carbocycles. The summed E-state index contributed by atoms with van der Waals surface area (Å²) in [6, 6.07) is 0.333. The number of piperidine rings is 2. The number of hydrogen-bond donors (Lipinski definition) is 3. The smallest absolute Gasteiger partial charge is 0.242 e. The number of rotatable bonds is 2. The largest absolute Gasteiger partial charge is 0.331 e. The Labute approximate surface area is 166 Å². The van der Waals surface area contributed by atoms with Crippen LogP contribution in [0.2, 0.25) is 0 Å². The minimum absolute atomic E-state index is 0. The van der Waals surface area contributed by atoms with Crippen LogP contribution in [-0.4, -0.2) is 57.3 Å². The van der Waals surface area contributed by atoms with Crippen LogP contribution in [0.5, 0.6) is 0 Å². The van der Waals surface area contributed by atoms with Gasteiger partial charge in [-0.15, -0.1) is 22.6 Å². The fourth-order valence-corrected chi connectivity index (χ4v) is 5.18. The number of amides is 1. The lowest BCUT2D eigenvalue weighted by molar-refractivity contribution is -0.138. The number of carbonyl (C=O) groups excluding carboxylic acids is 1. The topological polar surface area (TPSA) is 87.1 Å². The second-order valence-corrected chi connectivity index (χ2v) is 8.16. The predicted octanol–water partition coefficient (Wildman–Crippen LogP) is 0.544. The molecule has 9 heteroatoms. The normalized spacial score (nSPS) is 33.1. The monoisotopic (exact) mass is 395 g/mol. The van der Waals surface area contributed by atoms with Crippen LogP contribution in [0.15, 0.2) is 0 Å². The van der Waals surface area contributed by atoms with E-state index in [1.807, 2.05) is 0 Å². The highest BCUT2D eigenvalue weighted by molar-refractivity contribution is 5.85. The van der Waals surface area contributed by atoms with Gasteiger partial charge in [0.05, 0.1) is 6.04 Å². The van der Waals surface area contributed by atoms with Gasteiger partial charge in [0.15, 0.2) is 5.82 Å². The number of aromatic nitrogens is 3. The first-order valence-electron chi connectivity index (χ1n) is 10.3. The summed E-state index contributed by atoms with van der Waals surface area (Å²) in [5.74, 6) is 2.66. The predicted molar refractivity (Wildman–Crippen MR) is 103 cm³/mol. The van der Waals surface area contributed by atoms with Gasteiger partial charge in [-0.1, -0.05) is 0 Å². The van der Waals surface area contributed by atoms with E-state index >= 15 is 0 Å². The van der Waals surface area contributed by atoms with Crippen molar-refractivity contribution in [2.45, 2.75) is 69.6 Å². The Morgan fingerprint density at radius 1 is 1.04 bits per heavy atom. The SMILES string of the molecule is Cl.O=C(C1NNC2CCNCC21)N1CCCCC1c1nnc2n1CCCC2. The fourth-order valence-electron chi connectivity index (χ4n) is 5.18. The van der Waals surface area contributed by atoms with Gasteiger partial charge in [0.2, 0.25) is 5.91 Å². The Bertz CT molecular complexity index is 681. The van der Waals surface area contributed by atoms with Gasteiger partial charge < -0.3 is 14.8 Å². The third kappa shape index (κ3) is 3.37. The highest BCUT2D eigenvalue weighted by atomic mass is 35.5. The van der Waals surface area contributed by atoms with Crippen molar-refractivity contribution in [1.82, 2.24) is 35.8 Å². The Morgan fingerprint density at radius 3 is 2.85 bits per heavy atom. The molecule has 27 heavy (non-hydrogen) atoms. The molecular weight excluding hydrogens is 366 g/mol. The molecule has 5 heterocycles. The van der Waals surface area contributed by atoms with Gasteiger partial charge in [0, 0.05) is 38.0 Å². The van der Waals surface area contributed by atoms with Crippen LogP contribution in [0.4, 0.5) is 0 Å². The van der Waals surface area contributed by atoms with Crippen molar-refractivity contribution in [1.29, 1.82) is 0 Å². The number of hydrazine groups is 1. The summed E-state index contributed by atoms with van der Waals surface area (Å²) >= 11 is 0. The van der Waals surface area contributed by atoms with Crippen molar-refractivity contribution in [3.63, 3.8) is 0 Å². The summed E-state index contributed by atoms with van der Waals surface area (Å²) in [5, 5.41) is 12.4. The molecule has 0 aromatic carbocycles. The highest BCUT2D eigenvalue weighted by Gasteiger charge is 2.45. The second-order valence-electron chi connectivity index (χ2n) is 8.16. The molecule has 3 N–H and O–H groups in total. The van der Waals surface area contributed by atoms with Gasteiger partial charge in [-0.3, -0.25) is 10.2 Å². The Hall–Kier alpha value is -1.22. The molecule has 0 spiro atoms. The van der Waals surface area contributed by atoms with Crippen LogP contribution in [0.3, 0.4) is 0 Å². The molecule has 0 saturated carbocycles. The van der Waals surface area contributed by atoms with E-state index in [2.05, 4.69) is 35.8 Å². The van der Waals surface area contributed by atoms with Crippen LogP contribution in [-0.2, 0) is 17.8 Å². The number of hydrogen-bond acceptors (Lipinski definition) is 6. The lowest BCUT2D eigenvalue weighted by Gasteiger charge is -2.38. The number of likely N-dealkylation sites (tertiary alicyclic amines) is 1. The van der Waals surface area contributed by atoms with Crippen molar-refractivity contribution >= 4 is 18.3 Å². The van der Waals surface area contributed by atoms with E-state index in [0.717, 1.165) is 69.9 Å². The molecule has 0 radical (unpaired) electrons. The molecule has 3 saturated heterocycles. The zero-order valence-corrected chi connectivity index (χ0v) is 16.5. The van der Waals surface area contributed by atoms with Gasteiger partial charge in [0.1, 0.15) is 11.9 Å². The third-order valence-electron chi connectivity index (χ3n) is 6.62. The molecule has 3 fully saturated rings. The maximum absolute atomic E-state index is 13.5. The van der Waals surface area contributed by atoms with Crippen molar-refractivity contribution in [2.75, 3.05) is 19.6 Å². The standard InChI is InChI=1S/C18H29N7O.ClH/c26-18(16-12-11-19-8-7-13(12)20-22-16)24-9-3-1-5-14(24)17-23-21-15-6-2-4-10-25(15)17;/h12-14,16,19-20,22H,1-11H2;1H. The molecule has 5 rings (SSSR count). The lowest BCUT2D eigenvalue weighted by atomic mass is 9.88. The molecule has 4 atom stereocenters. The quantitative estimate of drug-likeness (QED) is 0.677. The molecule has 1 aromatic rings. The minimum Gasteiger partial charge on any atom is -0.331 e. The Morgan fingerprint density at radius 2 is 1.93 bits per heavy atom. The summed E-state index contributed by atoms with van der Waals surface area (Å²) in [5.41, 5.74) is 6.66. The van der Waals surface area contributed by atoms with Crippen molar-refractivity contribution in [3.8, 4) is 0 Å². The first kappa shape index (κ1) is 19.1. The molecule has 4 aliphatic rings. The first-order chi connectivity index (χ1) is 12.8. The van der Waals surface area contributed by atoms with Gasteiger partial charge >= 0.3 is 0 Å². The molecule has 4 aliphatic heterocycles. The minimum atomic E-state index is -0.142. The van der Waals surface area contributed by atoms with Crippen molar-refractivity contribution in [2.24, 2.45) is 5.92 Å². The average molecular weight is 396 g/mol. The van der Waals surface area contributed by atoms with Crippen LogP contribution in [0.1, 0.15) is 56.2 Å². The van der Waals surface area contributed by atoms with E-state index in [1.54, 1.807) is 0 Å². The molecule has 8 nitrogen and oxygen atoms in total. The van der Waals surface area contributed by atoms with E-state index < -0.39 is 0 Å². The Balaban J connectivity index is 0.00000180. The van der Waals surface area contributed by atoms with Crippen LogP contribution in [0.25, 0.3) is 0 Å². The number of aryl methyl sites for hydroxylation is 1. The van der Waals surface area contributed by atoms with Crippen LogP contribution >= 0.6 is 12.4 Å². The average Bonchev–Trinajstić information content (AvgIpc) is 3.32. The molecular formula is C18H30ClN7O. The first-order valence-corrected chi connectivity index (χ1v) is 10.3. The molecule has 4 unspecified atom stereocenters. The zero-order chi connectivity index (χ0) is 17.5. The summed E-state index contributed by atoms with van der Waals surface area (Å²) < 4.78 is 2.28. The van der Waals surface area contributed by atoms with E-state index in [9.17, 15) is 4.79 Å². The lowest BCUT2D eigenvalue weighted by Crippen LogP contribution is -2.52. The summed E-state index contributed by atoms with van der Waals surface area (Å²) in [7, 11) is 0. The van der Waals surface area contributed by atoms with Crippen molar-refractivity contribution < 1.29 is 4.79 Å². The maximum Gasteiger partial charge on any atom is 0.242 e. The van der Waals surface area contributed by atoms with Crippen LogP contribution < -0.4 is 16.2 Å². The van der Waals surface area contributed by atoms with Gasteiger partial charge in [0.25, 0.3) is 0 Å². The fraction of sp³-hybridized carbons (Fsp3) is 0.833. The van der Waals surface area contributed by atoms with E-state index in [-0.39, 0.29) is 30.4 Å².